The number of carboxylic acid groups (broad SMARTS) is 1. The Morgan fingerprint density at radius 3 is 2.79 bits per heavy atom. The highest BCUT2D eigenvalue weighted by Gasteiger charge is 2.30. The van der Waals surface area contributed by atoms with Gasteiger partial charge in [0.25, 0.3) is 5.91 Å². The van der Waals surface area contributed by atoms with Crippen LogP contribution in [0.4, 0.5) is 10.5 Å². The van der Waals surface area contributed by atoms with Crippen LogP contribution in [0.2, 0.25) is 0 Å². The fourth-order valence-electron chi connectivity index (χ4n) is 1.52. The van der Waals surface area contributed by atoms with Crippen LogP contribution in [0.15, 0.2) is 11.4 Å². The number of carbonyl (C=O) groups is 4. The van der Waals surface area contributed by atoms with Crippen molar-refractivity contribution in [3.05, 3.63) is 16.3 Å². The van der Waals surface area contributed by atoms with Gasteiger partial charge in [-0.25, -0.2) is 9.59 Å². The summed E-state index contributed by atoms with van der Waals surface area (Å²) in [5.41, 5.74) is 0.148. The maximum atomic E-state index is 11.7. The highest BCUT2D eigenvalue weighted by atomic mass is 32.1. The number of hydrogen-bond donors (Lipinski definition) is 3. The molecule has 9 heteroatoms. The SMILES string of the molecule is O=C(CN1C(=O)CNC1=O)Nc1ccsc1C(=O)O. The molecule has 0 spiro atoms. The summed E-state index contributed by atoms with van der Waals surface area (Å²) in [6.07, 6.45) is 0. The van der Waals surface area contributed by atoms with Gasteiger partial charge < -0.3 is 15.7 Å². The number of nitrogens with one attached hydrogen (secondary N) is 2. The van der Waals surface area contributed by atoms with Crippen LogP contribution in [0, 0.1) is 0 Å². The number of aromatic carboxylic acids is 1. The summed E-state index contributed by atoms with van der Waals surface area (Å²) in [5.74, 6) is -2.28. The molecule has 0 saturated carbocycles. The minimum Gasteiger partial charge on any atom is -0.477 e. The Hall–Kier alpha value is -2.42. The number of anilines is 1. The fraction of sp³-hybridized carbons (Fsp3) is 0.200. The van der Waals surface area contributed by atoms with E-state index >= 15 is 0 Å². The van der Waals surface area contributed by atoms with Crippen molar-refractivity contribution in [1.29, 1.82) is 0 Å². The number of carbonyl (C=O) groups excluding carboxylic acids is 3. The molecule has 4 amide bonds. The van der Waals surface area contributed by atoms with Crippen molar-refractivity contribution in [3.8, 4) is 0 Å². The summed E-state index contributed by atoms with van der Waals surface area (Å²) in [6, 6.07) is 0.807. The van der Waals surface area contributed by atoms with E-state index < -0.39 is 30.4 Å². The fourth-order valence-corrected chi connectivity index (χ4v) is 2.21. The van der Waals surface area contributed by atoms with E-state index in [9.17, 15) is 19.2 Å². The number of imide groups is 1. The molecular formula is C10H9N3O5S. The van der Waals surface area contributed by atoms with E-state index in [0.29, 0.717) is 0 Å². The number of rotatable bonds is 4. The van der Waals surface area contributed by atoms with Gasteiger partial charge >= 0.3 is 12.0 Å². The average molecular weight is 283 g/mol. The summed E-state index contributed by atoms with van der Waals surface area (Å²) >= 11 is 0.969. The Kier molecular flexibility index (Phi) is 3.47. The van der Waals surface area contributed by atoms with Gasteiger partial charge in [0, 0.05) is 0 Å². The molecule has 0 atom stereocenters. The molecule has 100 valence electrons. The topological polar surface area (TPSA) is 116 Å². The van der Waals surface area contributed by atoms with Gasteiger partial charge in [0.15, 0.2) is 0 Å². The van der Waals surface area contributed by atoms with Gasteiger partial charge in [0.05, 0.1) is 12.2 Å². The number of amides is 4. The number of nitrogens with zero attached hydrogens (tertiary/aromatic N) is 1. The predicted octanol–water partition coefficient (Wildman–Crippen LogP) is -0.0634. The van der Waals surface area contributed by atoms with Gasteiger partial charge in [-0.2, -0.15) is 0 Å². The van der Waals surface area contributed by atoms with Crippen molar-refractivity contribution in [3.63, 3.8) is 0 Å². The van der Waals surface area contributed by atoms with Crippen LogP contribution in [0.25, 0.3) is 0 Å². The second-order valence-corrected chi connectivity index (χ2v) is 4.57. The molecule has 1 saturated heterocycles. The minimum atomic E-state index is -1.15. The van der Waals surface area contributed by atoms with E-state index in [0.717, 1.165) is 16.2 Å². The Morgan fingerprint density at radius 2 is 2.21 bits per heavy atom. The van der Waals surface area contributed by atoms with Crippen molar-refractivity contribution >= 4 is 40.8 Å². The van der Waals surface area contributed by atoms with E-state index in [4.69, 9.17) is 5.11 Å². The number of thiophene rings is 1. The third kappa shape index (κ3) is 2.71. The van der Waals surface area contributed by atoms with E-state index in [1.54, 1.807) is 0 Å². The van der Waals surface area contributed by atoms with Crippen LogP contribution in [-0.2, 0) is 9.59 Å². The van der Waals surface area contributed by atoms with E-state index in [-0.39, 0.29) is 17.1 Å². The molecule has 1 aliphatic rings. The number of hydrogen-bond acceptors (Lipinski definition) is 5. The molecule has 0 bridgehead atoms. The first-order chi connectivity index (χ1) is 8.99. The normalized spacial score (nSPS) is 14.4. The molecule has 1 aromatic heterocycles. The maximum Gasteiger partial charge on any atom is 0.348 e. The van der Waals surface area contributed by atoms with Crippen molar-refractivity contribution in [1.82, 2.24) is 10.2 Å². The van der Waals surface area contributed by atoms with Crippen molar-refractivity contribution < 1.29 is 24.3 Å². The van der Waals surface area contributed by atoms with Crippen LogP contribution >= 0.6 is 11.3 Å². The molecule has 0 radical (unpaired) electrons. The van der Waals surface area contributed by atoms with Gasteiger partial charge in [-0.15, -0.1) is 11.3 Å². The largest absolute Gasteiger partial charge is 0.477 e. The van der Waals surface area contributed by atoms with Crippen molar-refractivity contribution in [2.45, 2.75) is 0 Å². The summed E-state index contributed by atoms with van der Waals surface area (Å²) < 4.78 is 0. The molecule has 2 heterocycles. The Labute approximate surface area is 111 Å². The Bertz CT molecular complexity index is 551. The van der Waals surface area contributed by atoms with E-state index in [2.05, 4.69) is 10.6 Å². The molecule has 2 rings (SSSR count). The molecule has 1 aromatic rings. The maximum absolute atomic E-state index is 11.7. The monoisotopic (exact) mass is 283 g/mol. The number of urea groups is 1. The molecule has 1 fully saturated rings. The quantitative estimate of drug-likeness (QED) is 0.669. The summed E-state index contributed by atoms with van der Waals surface area (Å²) in [6.45, 7) is -0.579. The molecule has 1 aliphatic heterocycles. The third-order valence-corrected chi connectivity index (χ3v) is 3.27. The van der Waals surface area contributed by atoms with Gasteiger partial charge in [-0.3, -0.25) is 14.5 Å². The van der Waals surface area contributed by atoms with Crippen LogP contribution in [0.5, 0.6) is 0 Å². The molecule has 0 unspecified atom stereocenters. The molecule has 3 N–H and O–H groups in total. The summed E-state index contributed by atoms with van der Waals surface area (Å²) in [4.78, 5) is 45.7. The lowest BCUT2D eigenvalue weighted by Crippen LogP contribution is -2.38. The second-order valence-electron chi connectivity index (χ2n) is 3.66. The van der Waals surface area contributed by atoms with E-state index in [1.165, 1.54) is 11.4 Å². The van der Waals surface area contributed by atoms with Crippen LogP contribution in [0.1, 0.15) is 9.67 Å². The zero-order chi connectivity index (χ0) is 14.0. The highest BCUT2D eigenvalue weighted by molar-refractivity contribution is 7.12. The standard InChI is InChI=1S/C10H9N3O5S/c14-6(4-13-7(15)3-11-10(13)18)12-5-1-2-19-8(5)9(16)17/h1-2H,3-4H2,(H,11,18)(H,12,14)(H,16,17). The van der Waals surface area contributed by atoms with Crippen LogP contribution in [-0.4, -0.2) is 46.9 Å². The first-order valence-corrected chi connectivity index (χ1v) is 6.06. The van der Waals surface area contributed by atoms with Crippen LogP contribution < -0.4 is 10.6 Å². The third-order valence-electron chi connectivity index (χ3n) is 2.37. The van der Waals surface area contributed by atoms with Gasteiger partial charge in [0.2, 0.25) is 5.91 Å². The lowest BCUT2D eigenvalue weighted by atomic mass is 10.3. The van der Waals surface area contributed by atoms with Crippen molar-refractivity contribution in [2.24, 2.45) is 0 Å². The molecule has 8 nitrogen and oxygen atoms in total. The average Bonchev–Trinajstić information content (AvgIpc) is 2.91. The van der Waals surface area contributed by atoms with Crippen molar-refractivity contribution in [2.75, 3.05) is 18.4 Å². The lowest BCUT2D eigenvalue weighted by molar-refractivity contribution is -0.128. The Morgan fingerprint density at radius 1 is 1.47 bits per heavy atom. The smallest absolute Gasteiger partial charge is 0.348 e. The molecule has 19 heavy (non-hydrogen) atoms. The lowest BCUT2D eigenvalue weighted by Gasteiger charge is -2.11. The van der Waals surface area contributed by atoms with Gasteiger partial charge in [-0.1, -0.05) is 0 Å². The van der Waals surface area contributed by atoms with Gasteiger partial charge in [0.1, 0.15) is 11.4 Å². The molecular weight excluding hydrogens is 274 g/mol. The summed E-state index contributed by atoms with van der Waals surface area (Å²) in [7, 11) is 0. The number of carboxylic acids is 1. The predicted molar refractivity (Wildman–Crippen MR) is 65.0 cm³/mol. The molecule has 0 aromatic carbocycles. The summed E-state index contributed by atoms with van der Waals surface area (Å²) in [5, 5.41) is 15.0. The molecule has 0 aliphatic carbocycles. The zero-order valence-electron chi connectivity index (χ0n) is 9.50. The van der Waals surface area contributed by atoms with E-state index in [1.807, 2.05) is 0 Å². The minimum absolute atomic E-state index is 0.00875. The zero-order valence-corrected chi connectivity index (χ0v) is 10.3. The second kappa shape index (κ2) is 5.06. The van der Waals surface area contributed by atoms with Gasteiger partial charge in [-0.05, 0) is 11.4 Å². The Balaban J connectivity index is 2.02. The highest BCUT2D eigenvalue weighted by Crippen LogP contribution is 2.22. The first kappa shape index (κ1) is 13.0. The first-order valence-electron chi connectivity index (χ1n) is 5.18. The van der Waals surface area contributed by atoms with Crippen LogP contribution in [0.3, 0.4) is 0 Å².